The second-order valence-corrected chi connectivity index (χ2v) is 12.6. The minimum Gasteiger partial charge on any atom is -0.478 e. The average Bonchev–Trinajstić information content (AvgIpc) is 3.01. The van der Waals surface area contributed by atoms with Gasteiger partial charge in [-0.15, -0.1) is 0 Å². The Balaban J connectivity index is 1.67. The third-order valence-electron chi connectivity index (χ3n) is 8.83. The molecule has 1 aromatic carbocycles. The van der Waals surface area contributed by atoms with Crippen LogP contribution in [0.5, 0.6) is 11.6 Å². The number of amides is 1. The van der Waals surface area contributed by atoms with Gasteiger partial charge in [-0.05, 0) is 62.6 Å². The number of nitrogens with zero attached hydrogens (tertiary/aromatic N) is 3. The number of carboxylic acids is 1. The summed E-state index contributed by atoms with van der Waals surface area (Å²) in [6.07, 6.45) is -1.28. The number of pyridine rings is 1. The molecule has 1 aliphatic carbocycles. The topological polar surface area (TPSA) is 101 Å². The first kappa shape index (κ1) is 37.4. The Morgan fingerprint density at radius 2 is 1.77 bits per heavy atom. The lowest BCUT2D eigenvalue weighted by Crippen LogP contribution is -2.49. The summed E-state index contributed by atoms with van der Waals surface area (Å²) in [5.41, 5.74) is -2.17. The van der Waals surface area contributed by atoms with Gasteiger partial charge in [-0.2, -0.15) is 13.2 Å². The summed E-state index contributed by atoms with van der Waals surface area (Å²) in [7, 11) is 2.76. The number of aromatic carboxylic acids is 1. The summed E-state index contributed by atoms with van der Waals surface area (Å²) in [5, 5.41) is 10.2. The number of carbonyl (C=O) groups excluding carboxylic acids is 1. The van der Waals surface area contributed by atoms with Gasteiger partial charge in [0.05, 0.1) is 37.1 Å². The van der Waals surface area contributed by atoms with E-state index in [-0.39, 0.29) is 50.3 Å². The van der Waals surface area contributed by atoms with Crippen LogP contribution >= 0.6 is 0 Å². The van der Waals surface area contributed by atoms with Crippen molar-refractivity contribution in [2.75, 3.05) is 52.0 Å². The molecule has 0 atom stereocenters. The Morgan fingerprint density at radius 1 is 1.10 bits per heavy atom. The summed E-state index contributed by atoms with van der Waals surface area (Å²) >= 11 is 0. The van der Waals surface area contributed by atoms with Crippen molar-refractivity contribution >= 4 is 17.6 Å². The van der Waals surface area contributed by atoms with E-state index in [4.69, 9.17) is 14.2 Å². The van der Waals surface area contributed by atoms with Crippen LogP contribution in [-0.2, 0) is 26.9 Å². The maximum atomic E-state index is 15.7. The molecule has 1 saturated heterocycles. The van der Waals surface area contributed by atoms with E-state index >= 15 is 4.39 Å². The zero-order chi connectivity index (χ0) is 35.2. The lowest BCUT2D eigenvalue weighted by molar-refractivity contribution is -0.139. The van der Waals surface area contributed by atoms with Gasteiger partial charge < -0.3 is 24.2 Å². The maximum absolute atomic E-state index is 15.7. The Morgan fingerprint density at radius 3 is 2.35 bits per heavy atom. The number of piperidine rings is 1. The number of hydrogen-bond acceptors (Lipinski definition) is 7. The summed E-state index contributed by atoms with van der Waals surface area (Å²) in [5.74, 6) is -8.07. The molecule has 1 N–H and O–H groups in total. The minimum atomic E-state index is -5.00. The van der Waals surface area contributed by atoms with Gasteiger partial charge in [0.2, 0.25) is 11.8 Å². The molecule has 48 heavy (non-hydrogen) atoms. The molecule has 1 saturated carbocycles. The number of rotatable bonds is 13. The quantitative estimate of drug-likeness (QED) is 0.229. The van der Waals surface area contributed by atoms with Crippen LogP contribution in [-0.4, -0.2) is 85.9 Å². The monoisotopic (exact) mass is 689 g/mol. The number of methoxy groups -OCH3 is 2. The molecule has 0 bridgehead atoms. The molecule has 9 nitrogen and oxygen atoms in total. The van der Waals surface area contributed by atoms with Crippen LogP contribution in [0.4, 0.5) is 32.0 Å². The molecular weight excluding hydrogens is 648 g/mol. The average molecular weight is 690 g/mol. The van der Waals surface area contributed by atoms with E-state index < -0.39 is 71.1 Å². The van der Waals surface area contributed by atoms with Crippen molar-refractivity contribution in [1.82, 2.24) is 9.88 Å². The van der Waals surface area contributed by atoms with Gasteiger partial charge in [-0.25, -0.2) is 22.9 Å². The Kier molecular flexibility index (Phi) is 12.3. The number of anilines is 1. The molecule has 15 heteroatoms. The van der Waals surface area contributed by atoms with E-state index in [9.17, 15) is 36.6 Å². The molecule has 4 rings (SSSR count). The zero-order valence-electron chi connectivity index (χ0n) is 27.1. The Hall–Kier alpha value is -3.43. The van der Waals surface area contributed by atoms with Gasteiger partial charge in [-0.1, -0.05) is 6.92 Å². The lowest BCUT2D eigenvalue weighted by atomic mass is 9.82. The van der Waals surface area contributed by atoms with E-state index in [1.165, 1.54) is 19.1 Å². The number of carbonyl (C=O) groups is 2. The minimum absolute atomic E-state index is 0.00740. The van der Waals surface area contributed by atoms with Gasteiger partial charge >= 0.3 is 12.1 Å². The molecule has 0 spiro atoms. The Bertz CT molecular complexity index is 1430. The highest BCUT2D eigenvalue weighted by Crippen LogP contribution is 2.40. The zero-order valence-corrected chi connectivity index (χ0v) is 27.1. The number of carboxylic acid groups (broad SMARTS) is 1. The highest BCUT2D eigenvalue weighted by Gasteiger charge is 2.39. The molecule has 0 unspecified atom stereocenters. The van der Waals surface area contributed by atoms with Crippen molar-refractivity contribution in [2.45, 2.75) is 70.0 Å². The van der Waals surface area contributed by atoms with Crippen molar-refractivity contribution < 1.29 is 55.2 Å². The van der Waals surface area contributed by atoms with E-state index in [1.807, 2.05) is 0 Å². The third kappa shape index (κ3) is 9.38. The lowest BCUT2D eigenvalue weighted by Gasteiger charge is -2.36. The second kappa shape index (κ2) is 15.9. The standard InChI is InChI=1S/C33H41F6N3O6/c1-20-5-7-22(8-6-20)30(43)42(23(17-46-2)18-47-3)27-15-26(34)28(14-24(27)31(44)45)48-29-25(33(37,38)39)13-21(16-40-29)9-12-41-11-4-10-32(35,36)19-41/h13-16,20,22-23H,4-12,17-19H2,1-3H3,(H,44,45). The summed E-state index contributed by atoms with van der Waals surface area (Å²) in [6.45, 7) is 1.89. The molecule has 1 aromatic heterocycles. The predicted molar refractivity (Wildman–Crippen MR) is 163 cm³/mol. The molecule has 1 amide bonds. The molecule has 266 valence electrons. The number of alkyl halides is 5. The smallest absolute Gasteiger partial charge is 0.421 e. The van der Waals surface area contributed by atoms with E-state index in [0.717, 1.165) is 42.1 Å². The van der Waals surface area contributed by atoms with Crippen molar-refractivity contribution in [1.29, 1.82) is 0 Å². The summed E-state index contributed by atoms with van der Waals surface area (Å²) in [4.78, 5) is 32.8. The number of likely N-dealkylation sites (tertiary alicyclic amines) is 1. The van der Waals surface area contributed by atoms with E-state index in [0.29, 0.717) is 25.3 Å². The van der Waals surface area contributed by atoms with Crippen molar-refractivity contribution in [3.8, 4) is 11.6 Å². The van der Waals surface area contributed by atoms with Crippen LogP contribution in [0.1, 0.15) is 66.9 Å². The fourth-order valence-corrected chi connectivity index (χ4v) is 6.32. The second-order valence-electron chi connectivity index (χ2n) is 12.6. The van der Waals surface area contributed by atoms with Crippen molar-refractivity contribution in [2.24, 2.45) is 11.8 Å². The normalized spacial score (nSPS) is 20.1. The fourth-order valence-electron chi connectivity index (χ4n) is 6.32. The number of benzene rings is 1. The maximum Gasteiger partial charge on any atom is 0.421 e. The largest absolute Gasteiger partial charge is 0.478 e. The number of hydrogen-bond donors (Lipinski definition) is 1. The highest BCUT2D eigenvalue weighted by atomic mass is 19.4. The highest BCUT2D eigenvalue weighted by molar-refractivity contribution is 6.03. The molecule has 2 aliphatic rings. The van der Waals surface area contributed by atoms with Crippen molar-refractivity contribution in [3.05, 3.63) is 46.9 Å². The van der Waals surface area contributed by atoms with Crippen LogP contribution < -0.4 is 9.64 Å². The van der Waals surface area contributed by atoms with Crippen LogP contribution in [0.3, 0.4) is 0 Å². The van der Waals surface area contributed by atoms with Gasteiger partial charge in [0.1, 0.15) is 5.56 Å². The third-order valence-corrected chi connectivity index (χ3v) is 8.83. The molecule has 2 heterocycles. The van der Waals surface area contributed by atoms with Crippen LogP contribution in [0.25, 0.3) is 0 Å². The van der Waals surface area contributed by atoms with E-state index in [1.54, 1.807) is 0 Å². The number of aromatic nitrogens is 1. The number of halogens is 6. The van der Waals surface area contributed by atoms with Crippen molar-refractivity contribution in [3.63, 3.8) is 0 Å². The summed E-state index contributed by atoms with van der Waals surface area (Å²) < 4.78 is 102. The summed E-state index contributed by atoms with van der Waals surface area (Å²) in [6, 6.07) is 1.37. The molecule has 0 radical (unpaired) electrons. The predicted octanol–water partition coefficient (Wildman–Crippen LogP) is 6.82. The first-order chi connectivity index (χ1) is 22.6. The van der Waals surface area contributed by atoms with Crippen LogP contribution in [0.2, 0.25) is 0 Å². The van der Waals surface area contributed by atoms with Gasteiger partial charge in [-0.3, -0.25) is 9.69 Å². The SMILES string of the molecule is COCC(COC)N(C(=O)C1CCC(C)CC1)c1cc(F)c(Oc2ncc(CCN3CCCC(F)(F)C3)cc2C(F)(F)F)cc1C(=O)O. The van der Waals surface area contributed by atoms with Crippen LogP contribution in [0.15, 0.2) is 24.4 Å². The molecule has 2 fully saturated rings. The molecule has 1 aliphatic heterocycles. The van der Waals surface area contributed by atoms with E-state index in [2.05, 4.69) is 11.9 Å². The number of ether oxygens (including phenoxy) is 3. The van der Waals surface area contributed by atoms with Gasteiger partial charge in [0, 0.05) is 51.4 Å². The molecule has 2 aromatic rings. The van der Waals surface area contributed by atoms with Crippen LogP contribution in [0, 0.1) is 17.7 Å². The molecular formula is C33H41F6N3O6. The van der Waals surface area contributed by atoms with Gasteiger partial charge in [0.25, 0.3) is 5.92 Å². The van der Waals surface area contributed by atoms with Gasteiger partial charge in [0.15, 0.2) is 11.6 Å². The first-order valence-corrected chi connectivity index (χ1v) is 15.9. The Labute approximate surface area is 275 Å². The first-order valence-electron chi connectivity index (χ1n) is 15.9. The fraction of sp³-hybridized carbons (Fsp3) is 0.606.